The zero-order valence-corrected chi connectivity index (χ0v) is 27.7. The molecule has 0 aromatic heterocycles. The van der Waals surface area contributed by atoms with E-state index in [1.165, 1.54) is 21.4 Å². The van der Waals surface area contributed by atoms with E-state index >= 15 is 0 Å². The molecule has 0 spiro atoms. The van der Waals surface area contributed by atoms with Crippen molar-refractivity contribution in [2.24, 2.45) is 11.8 Å². The lowest BCUT2D eigenvalue weighted by molar-refractivity contribution is -0.165. The number of esters is 1. The highest BCUT2D eigenvalue weighted by molar-refractivity contribution is 7.93. The van der Waals surface area contributed by atoms with Gasteiger partial charge < -0.3 is 19.1 Å². The molecule has 1 aliphatic carbocycles. The Kier molecular flexibility index (Phi) is 9.62. The first kappa shape index (κ1) is 33.2. The summed E-state index contributed by atoms with van der Waals surface area (Å²) in [5.41, 5.74) is 2.32. The first-order valence-corrected chi connectivity index (χ1v) is 17.5. The molecule has 3 heterocycles. The molecule has 6 rings (SSSR count). The molecule has 2 aromatic carbocycles. The van der Waals surface area contributed by atoms with E-state index in [2.05, 4.69) is 20.1 Å². The van der Waals surface area contributed by atoms with Gasteiger partial charge in [-0.25, -0.2) is 18.0 Å². The zero-order valence-electron chi connectivity index (χ0n) is 26.9. The third-order valence-corrected chi connectivity index (χ3v) is 11.0. The van der Waals surface area contributed by atoms with Crippen LogP contribution in [0.3, 0.4) is 0 Å². The quantitative estimate of drug-likeness (QED) is 0.173. The molecule has 4 aliphatic rings. The zero-order chi connectivity index (χ0) is 33.3. The second-order valence-corrected chi connectivity index (χ2v) is 13.4. The normalized spacial score (nSPS) is 24.2. The Morgan fingerprint density at radius 2 is 1.78 bits per heavy atom. The topological polar surface area (TPSA) is 120 Å². The third kappa shape index (κ3) is 5.18. The van der Waals surface area contributed by atoms with Crippen LogP contribution >= 0.6 is 0 Å². The van der Waals surface area contributed by atoms with E-state index in [-0.39, 0.29) is 35.6 Å². The summed E-state index contributed by atoms with van der Waals surface area (Å²) in [6.07, 6.45) is 4.61. The van der Waals surface area contributed by atoms with Crippen LogP contribution < -0.4 is 4.31 Å². The predicted molar refractivity (Wildman–Crippen MR) is 174 cm³/mol. The monoisotopic (exact) mass is 650 g/mol. The van der Waals surface area contributed by atoms with Gasteiger partial charge in [0.05, 0.1) is 28.6 Å². The summed E-state index contributed by atoms with van der Waals surface area (Å²) in [7, 11) is -3.98. The number of nitrogens with zero attached hydrogens (tertiary/aromatic N) is 2. The van der Waals surface area contributed by atoms with E-state index in [0.29, 0.717) is 35.9 Å². The van der Waals surface area contributed by atoms with Crippen LogP contribution in [-0.2, 0) is 40.2 Å². The fraction of sp³-hybridized carbons (Fsp3) is 0.457. The van der Waals surface area contributed by atoms with Crippen molar-refractivity contribution in [3.05, 3.63) is 72.5 Å². The molecular weight excluding hydrogens is 608 g/mol. The number of aryl methyl sites for hydroxylation is 1. The molecule has 1 amide bonds. The fourth-order valence-corrected chi connectivity index (χ4v) is 9.43. The van der Waals surface area contributed by atoms with E-state index < -0.39 is 46.3 Å². The van der Waals surface area contributed by atoms with Gasteiger partial charge in [0.15, 0.2) is 0 Å². The van der Waals surface area contributed by atoms with Gasteiger partial charge in [0.25, 0.3) is 10.0 Å². The standard InChI is InChI=1S/C33H36N2O8S.C2H6/c1-5-10-20-15-16-25-27-21(20)11-8-13-23(27)35(44(25,39)40)24-14-9-12-22-28(24)30(32(37)41-17-6-2)34-29(22)26(31(34)36)19(4)43-33(38)42-18-7-3;1-2/h6-8,11,13,15-16,19,22,24,26,29H,2-3,5,9-10,12,14,17-18H2,1,4H3;1-2H3/t19-,22-,24-,26+,29?;/m0./s1. The highest BCUT2D eigenvalue weighted by atomic mass is 32.2. The lowest BCUT2D eigenvalue weighted by Gasteiger charge is -2.48. The van der Waals surface area contributed by atoms with Crippen molar-refractivity contribution in [2.45, 2.75) is 82.9 Å². The number of hydrogen-bond acceptors (Lipinski definition) is 8. The van der Waals surface area contributed by atoms with Crippen molar-refractivity contribution in [3.63, 3.8) is 0 Å². The highest BCUT2D eigenvalue weighted by Crippen LogP contribution is 2.56. The minimum atomic E-state index is -3.98. The summed E-state index contributed by atoms with van der Waals surface area (Å²) >= 11 is 0. The number of carbonyl (C=O) groups excluding carboxylic acids is 3. The number of fused-ring (bicyclic) bond motifs is 3. The summed E-state index contributed by atoms with van der Waals surface area (Å²) in [5, 5.41) is 1.59. The predicted octanol–water partition coefficient (Wildman–Crippen LogP) is 6.05. The van der Waals surface area contributed by atoms with E-state index in [0.717, 1.165) is 23.8 Å². The average molecular weight is 651 g/mol. The van der Waals surface area contributed by atoms with E-state index in [1.807, 2.05) is 38.1 Å². The number of benzene rings is 2. The molecule has 1 saturated carbocycles. The number of rotatable bonds is 10. The molecule has 1 unspecified atom stereocenters. The highest BCUT2D eigenvalue weighted by Gasteiger charge is 2.64. The van der Waals surface area contributed by atoms with Crippen molar-refractivity contribution in [2.75, 3.05) is 17.5 Å². The molecule has 246 valence electrons. The number of ether oxygens (including phenoxy) is 3. The average Bonchev–Trinajstić information content (AvgIpc) is 3.47. The number of β-lactam (4-membered cyclic amide) rings is 1. The Balaban J connectivity index is 0.00000204. The number of carbonyl (C=O) groups is 3. The number of hydrogen-bond donors (Lipinski definition) is 0. The van der Waals surface area contributed by atoms with Crippen molar-refractivity contribution in [1.29, 1.82) is 0 Å². The van der Waals surface area contributed by atoms with Gasteiger partial charge in [0.1, 0.15) is 25.0 Å². The van der Waals surface area contributed by atoms with Crippen LogP contribution in [0.25, 0.3) is 10.8 Å². The van der Waals surface area contributed by atoms with E-state index in [4.69, 9.17) is 14.2 Å². The number of amides is 1. The van der Waals surface area contributed by atoms with Crippen LogP contribution in [0.15, 0.2) is 71.8 Å². The van der Waals surface area contributed by atoms with Gasteiger partial charge >= 0.3 is 12.1 Å². The van der Waals surface area contributed by atoms with Crippen LogP contribution in [0.5, 0.6) is 0 Å². The largest absolute Gasteiger partial charge is 0.508 e. The molecule has 10 nitrogen and oxygen atoms in total. The molecule has 2 fully saturated rings. The summed E-state index contributed by atoms with van der Waals surface area (Å²) in [4.78, 5) is 41.2. The lowest BCUT2D eigenvalue weighted by Crippen LogP contribution is -2.64. The Morgan fingerprint density at radius 1 is 1.07 bits per heavy atom. The molecule has 2 aromatic rings. The lowest BCUT2D eigenvalue weighted by atomic mass is 9.71. The van der Waals surface area contributed by atoms with Gasteiger partial charge in [-0.1, -0.05) is 77.1 Å². The second kappa shape index (κ2) is 13.3. The minimum absolute atomic E-state index is 0.0333. The first-order chi connectivity index (χ1) is 22.2. The third-order valence-electron chi connectivity index (χ3n) is 9.15. The smallest absolute Gasteiger partial charge is 0.457 e. The fourth-order valence-electron chi connectivity index (χ4n) is 7.54. The van der Waals surface area contributed by atoms with Gasteiger partial charge in [0.2, 0.25) is 5.91 Å². The van der Waals surface area contributed by atoms with Crippen LogP contribution in [0.4, 0.5) is 10.5 Å². The molecule has 0 N–H and O–H groups in total. The maximum atomic E-state index is 14.3. The maximum Gasteiger partial charge on any atom is 0.508 e. The van der Waals surface area contributed by atoms with Gasteiger partial charge in [-0.15, -0.1) is 0 Å². The Labute approximate surface area is 270 Å². The van der Waals surface area contributed by atoms with Crippen LogP contribution in [-0.4, -0.2) is 62.8 Å². The molecule has 0 bridgehead atoms. The van der Waals surface area contributed by atoms with Gasteiger partial charge in [0, 0.05) is 11.3 Å². The number of anilines is 1. The molecule has 5 atom stereocenters. The maximum absolute atomic E-state index is 14.3. The van der Waals surface area contributed by atoms with Crippen molar-refractivity contribution < 1.29 is 37.0 Å². The van der Waals surface area contributed by atoms with E-state index in [9.17, 15) is 22.8 Å². The Morgan fingerprint density at radius 3 is 2.48 bits per heavy atom. The minimum Gasteiger partial charge on any atom is -0.457 e. The Hall–Kier alpha value is -4.12. The van der Waals surface area contributed by atoms with Crippen molar-refractivity contribution in [3.8, 4) is 0 Å². The molecule has 3 aliphatic heterocycles. The molecule has 1 saturated heterocycles. The van der Waals surface area contributed by atoms with Crippen LogP contribution in [0.1, 0.15) is 58.9 Å². The van der Waals surface area contributed by atoms with E-state index in [1.54, 1.807) is 13.0 Å². The molecular formula is C35H42N2O8S. The SMILES string of the molecule is C=CCOC(=O)O[C@@H](C)[C@H]1C(=O)N2C(C(=O)OCC=C)=C3[C@H](CCC[C@@H]3N3c4cccc5c(CCC)ccc(c45)S3(=O)=O)C12.CC. The van der Waals surface area contributed by atoms with Crippen molar-refractivity contribution in [1.82, 2.24) is 4.90 Å². The Bertz CT molecular complexity index is 1710. The summed E-state index contributed by atoms with van der Waals surface area (Å²) in [6, 6.07) is 8.02. The van der Waals surface area contributed by atoms with Crippen molar-refractivity contribution >= 4 is 44.5 Å². The molecule has 0 radical (unpaired) electrons. The molecule has 46 heavy (non-hydrogen) atoms. The number of sulfonamides is 1. The van der Waals surface area contributed by atoms with Crippen LogP contribution in [0, 0.1) is 11.8 Å². The molecule has 11 heteroatoms. The van der Waals surface area contributed by atoms with Gasteiger partial charge in [-0.3, -0.25) is 9.10 Å². The second-order valence-electron chi connectivity index (χ2n) is 11.6. The first-order valence-electron chi connectivity index (χ1n) is 16.1. The van der Waals surface area contributed by atoms with Gasteiger partial charge in [-0.2, -0.15) is 0 Å². The van der Waals surface area contributed by atoms with Crippen LogP contribution in [0.2, 0.25) is 0 Å². The summed E-state index contributed by atoms with van der Waals surface area (Å²) < 4.78 is 45.9. The van der Waals surface area contributed by atoms with Gasteiger partial charge in [-0.05, 0) is 54.8 Å². The summed E-state index contributed by atoms with van der Waals surface area (Å²) in [6.45, 7) is 14.7. The summed E-state index contributed by atoms with van der Waals surface area (Å²) in [5.74, 6) is -2.15.